The van der Waals surface area contributed by atoms with Gasteiger partial charge in [-0.05, 0) is 24.5 Å². The fourth-order valence-electron chi connectivity index (χ4n) is 1.73. The van der Waals surface area contributed by atoms with Crippen molar-refractivity contribution in [1.29, 1.82) is 0 Å². The summed E-state index contributed by atoms with van der Waals surface area (Å²) in [7, 11) is 0. The molecule has 0 radical (unpaired) electrons. The van der Waals surface area contributed by atoms with Gasteiger partial charge in [-0.1, -0.05) is 23.9 Å². The van der Waals surface area contributed by atoms with Crippen LogP contribution in [0.3, 0.4) is 0 Å². The van der Waals surface area contributed by atoms with E-state index in [-0.39, 0.29) is 12.2 Å². The maximum atomic E-state index is 13.7. The normalized spacial score (nSPS) is 17.1. The van der Waals surface area contributed by atoms with Crippen molar-refractivity contribution >= 4 is 28.4 Å². The molecule has 1 N–H and O–H groups in total. The van der Waals surface area contributed by atoms with E-state index in [0.717, 1.165) is 0 Å². The number of thioether (sulfide) groups is 1. The Kier molecular flexibility index (Phi) is 4.21. The number of thiocarbonyl (C=S) groups is 1. The van der Waals surface area contributed by atoms with Crippen LogP contribution in [0.4, 0.5) is 4.39 Å². The summed E-state index contributed by atoms with van der Waals surface area (Å²) in [5.41, 5.74) is 0.260. The highest BCUT2D eigenvalue weighted by Crippen LogP contribution is 2.35. The molecular formula is C12H13FO3S2. The van der Waals surface area contributed by atoms with Crippen LogP contribution in [0.5, 0.6) is 0 Å². The zero-order valence-electron chi connectivity index (χ0n) is 9.81. The van der Waals surface area contributed by atoms with Gasteiger partial charge in [0, 0.05) is 11.1 Å². The van der Waals surface area contributed by atoms with E-state index in [9.17, 15) is 4.39 Å². The zero-order valence-corrected chi connectivity index (χ0v) is 11.4. The first-order valence-electron chi connectivity index (χ1n) is 5.36. The highest BCUT2D eigenvalue weighted by molar-refractivity contribution is 8.22. The quantitative estimate of drug-likeness (QED) is 0.863. The first kappa shape index (κ1) is 13.7. The van der Waals surface area contributed by atoms with Gasteiger partial charge in [-0.3, -0.25) is 0 Å². The van der Waals surface area contributed by atoms with Crippen LogP contribution in [-0.2, 0) is 21.7 Å². The van der Waals surface area contributed by atoms with E-state index in [1.54, 1.807) is 12.1 Å². The summed E-state index contributed by atoms with van der Waals surface area (Å²) in [5, 5.41) is 8.95. The van der Waals surface area contributed by atoms with Gasteiger partial charge in [0.2, 0.25) is 4.38 Å². The van der Waals surface area contributed by atoms with E-state index in [4.69, 9.17) is 26.8 Å². The Morgan fingerprint density at radius 1 is 1.61 bits per heavy atom. The lowest BCUT2D eigenvalue weighted by Gasteiger charge is -2.41. The molecule has 0 amide bonds. The van der Waals surface area contributed by atoms with Crippen LogP contribution >= 0.6 is 24.0 Å². The maximum absolute atomic E-state index is 13.7. The largest absolute Gasteiger partial charge is 0.462 e. The SMILES string of the molecule is CSC(=S)OC1(c2ccc(CO)c(F)c2)COC1. The molecule has 6 heteroatoms. The summed E-state index contributed by atoms with van der Waals surface area (Å²) in [6.07, 6.45) is 1.82. The summed E-state index contributed by atoms with van der Waals surface area (Å²) in [6, 6.07) is 4.66. The summed E-state index contributed by atoms with van der Waals surface area (Å²) >= 11 is 6.36. The van der Waals surface area contributed by atoms with Crippen molar-refractivity contribution in [3.8, 4) is 0 Å². The lowest BCUT2D eigenvalue weighted by molar-refractivity contribution is -0.172. The molecule has 1 fully saturated rings. The van der Waals surface area contributed by atoms with Crippen LogP contribution in [0, 0.1) is 5.82 Å². The number of ether oxygens (including phenoxy) is 2. The van der Waals surface area contributed by atoms with Crippen molar-refractivity contribution in [1.82, 2.24) is 0 Å². The van der Waals surface area contributed by atoms with E-state index < -0.39 is 11.4 Å². The Morgan fingerprint density at radius 3 is 2.78 bits per heavy atom. The molecule has 1 saturated heterocycles. The number of rotatable bonds is 3. The predicted octanol–water partition coefficient (Wildman–Crippen LogP) is 2.21. The van der Waals surface area contributed by atoms with Crippen molar-refractivity contribution < 1.29 is 19.0 Å². The van der Waals surface area contributed by atoms with Gasteiger partial charge in [0.25, 0.3) is 0 Å². The third-order valence-electron chi connectivity index (χ3n) is 2.87. The number of aliphatic hydroxyl groups is 1. The fourth-order valence-corrected chi connectivity index (χ4v) is 2.13. The molecule has 0 atom stereocenters. The number of aliphatic hydroxyl groups excluding tert-OH is 1. The van der Waals surface area contributed by atoms with Crippen molar-refractivity contribution in [2.45, 2.75) is 12.2 Å². The minimum atomic E-state index is -0.686. The molecule has 0 unspecified atom stereocenters. The lowest BCUT2D eigenvalue weighted by atomic mass is 9.91. The van der Waals surface area contributed by atoms with E-state index in [2.05, 4.69) is 0 Å². The summed E-state index contributed by atoms with van der Waals surface area (Å²) < 4.78 is 24.9. The molecule has 0 aromatic heterocycles. The van der Waals surface area contributed by atoms with Crippen LogP contribution < -0.4 is 0 Å². The average molecular weight is 288 g/mol. The molecule has 0 spiro atoms. The van der Waals surface area contributed by atoms with Crippen LogP contribution in [0.15, 0.2) is 18.2 Å². The van der Waals surface area contributed by atoms with E-state index >= 15 is 0 Å². The Balaban J connectivity index is 2.27. The average Bonchev–Trinajstić information content (AvgIpc) is 2.33. The molecule has 0 saturated carbocycles. The highest BCUT2D eigenvalue weighted by Gasteiger charge is 2.44. The molecule has 1 aliphatic heterocycles. The minimum absolute atomic E-state index is 0.265. The maximum Gasteiger partial charge on any atom is 0.220 e. The summed E-state index contributed by atoms with van der Waals surface area (Å²) in [4.78, 5) is 0. The second kappa shape index (κ2) is 5.52. The van der Waals surface area contributed by atoms with Gasteiger partial charge >= 0.3 is 0 Å². The second-order valence-corrected chi connectivity index (χ2v) is 5.42. The summed E-state index contributed by atoms with van der Waals surface area (Å²) in [6.45, 7) is 0.386. The molecule has 1 heterocycles. The van der Waals surface area contributed by atoms with Gasteiger partial charge in [0.15, 0.2) is 5.60 Å². The van der Waals surface area contributed by atoms with Crippen molar-refractivity contribution in [3.63, 3.8) is 0 Å². The standard InChI is InChI=1S/C12H13FO3S2/c1-18-11(17)16-12(6-15-7-12)9-3-2-8(5-14)10(13)4-9/h2-4,14H,5-7H2,1H3. The molecule has 18 heavy (non-hydrogen) atoms. The zero-order chi connectivity index (χ0) is 13.2. The first-order chi connectivity index (χ1) is 8.61. The minimum Gasteiger partial charge on any atom is -0.462 e. The van der Waals surface area contributed by atoms with E-state index in [1.165, 1.54) is 17.8 Å². The van der Waals surface area contributed by atoms with Crippen LogP contribution in [0.1, 0.15) is 11.1 Å². The number of hydrogen-bond acceptors (Lipinski definition) is 5. The van der Waals surface area contributed by atoms with Gasteiger partial charge in [-0.25, -0.2) is 4.39 Å². The smallest absolute Gasteiger partial charge is 0.220 e. The van der Waals surface area contributed by atoms with Gasteiger partial charge in [0.1, 0.15) is 5.82 Å². The number of benzene rings is 1. The van der Waals surface area contributed by atoms with Gasteiger partial charge in [0.05, 0.1) is 19.8 Å². The monoisotopic (exact) mass is 288 g/mol. The Hall–Kier alpha value is -0.690. The van der Waals surface area contributed by atoms with Crippen LogP contribution in [0.25, 0.3) is 0 Å². The molecule has 1 aromatic rings. The molecule has 1 aliphatic rings. The van der Waals surface area contributed by atoms with Gasteiger partial charge < -0.3 is 14.6 Å². The van der Waals surface area contributed by atoms with Crippen molar-refractivity contribution in [2.75, 3.05) is 19.5 Å². The Bertz CT molecular complexity index is 461. The third-order valence-corrected chi connectivity index (χ3v) is 3.87. The highest BCUT2D eigenvalue weighted by atomic mass is 32.2. The van der Waals surface area contributed by atoms with Crippen molar-refractivity contribution in [2.24, 2.45) is 0 Å². The van der Waals surface area contributed by atoms with Gasteiger partial charge in [-0.15, -0.1) is 0 Å². The molecule has 1 aromatic carbocycles. The van der Waals surface area contributed by atoms with Crippen molar-refractivity contribution in [3.05, 3.63) is 35.1 Å². The fraction of sp³-hybridized carbons (Fsp3) is 0.417. The topological polar surface area (TPSA) is 38.7 Å². The summed E-state index contributed by atoms with van der Waals surface area (Å²) in [5.74, 6) is -0.444. The molecule has 98 valence electrons. The van der Waals surface area contributed by atoms with Crippen LogP contribution in [-0.4, -0.2) is 29.0 Å². The Labute approximate surface area is 114 Å². The van der Waals surface area contributed by atoms with E-state index in [0.29, 0.717) is 23.2 Å². The van der Waals surface area contributed by atoms with E-state index in [1.807, 2.05) is 6.26 Å². The first-order valence-corrected chi connectivity index (χ1v) is 6.99. The lowest BCUT2D eigenvalue weighted by Crippen LogP contribution is -2.49. The van der Waals surface area contributed by atoms with Gasteiger partial charge in [-0.2, -0.15) is 0 Å². The molecule has 0 aliphatic carbocycles. The predicted molar refractivity (Wildman–Crippen MR) is 72.0 cm³/mol. The third kappa shape index (κ3) is 2.51. The second-order valence-electron chi connectivity index (χ2n) is 4.01. The molecule has 2 rings (SSSR count). The molecule has 0 bridgehead atoms. The Morgan fingerprint density at radius 2 is 2.33 bits per heavy atom. The molecular weight excluding hydrogens is 275 g/mol. The van der Waals surface area contributed by atoms with Crippen LogP contribution in [0.2, 0.25) is 0 Å². The number of hydrogen-bond donors (Lipinski definition) is 1. The molecule has 3 nitrogen and oxygen atoms in total. The number of halogens is 1.